The monoisotopic (exact) mass is 249 g/mol. The van der Waals surface area contributed by atoms with E-state index < -0.39 is 0 Å². The van der Waals surface area contributed by atoms with Crippen molar-refractivity contribution in [2.24, 2.45) is 0 Å². The van der Waals surface area contributed by atoms with Gasteiger partial charge in [0.05, 0.1) is 17.5 Å². The minimum atomic E-state index is -0.246. The van der Waals surface area contributed by atoms with Gasteiger partial charge in [0.2, 0.25) is 5.91 Å². The van der Waals surface area contributed by atoms with Crippen LogP contribution in [0.2, 0.25) is 0 Å². The second kappa shape index (κ2) is 5.73. The van der Waals surface area contributed by atoms with Gasteiger partial charge < -0.3 is 20.7 Å². The summed E-state index contributed by atoms with van der Waals surface area (Å²) in [5, 5.41) is 9.33. The molecule has 1 amide bonds. The Labute approximate surface area is 107 Å². The maximum absolute atomic E-state index is 12.0. The summed E-state index contributed by atoms with van der Waals surface area (Å²) < 4.78 is 5.09. The van der Waals surface area contributed by atoms with E-state index >= 15 is 0 Å². The van der Waals surface area contributed by atoms with Crippen LogP contribution in [-0.2, 0) is 9.53 Å². The SMILES string of the molecule is COC(C)CNC(=O)C1CNc2ccccc2N1. The Balaban J connectivity index is 1.90. The van der Waals surface area contributed by atoms with Crippen LogP contribution >= 0.6 is 0 Å². The van der Waals surface area contributed by atoms with Crippen molar-refractivity contribution in [3.63, 3.8) is 0 Å². The van der Waals surface area contributed by atoms with Crippen LogP contribution in [0.15, 0.2) is 24.3 Å². The van der Waals surface area contributed by atoms with Crippen molar-refractivity contribution < 1.29 is 9.53 Å². The Morgan fingerprint density at radius 3 is 2.94 bits per heavy atom. The highest BCUT2D eigenvalue weighted by atomic mass is 16.5. The minimum Gasteiger partial charge on any atom is -0.381 e. The van der Waals surface area contributed by atoms with E-state index in [0.29, 0.717) is 13.1 Å². The molecule has 0 spiro atoms. The van der Waals surface area contributed by atoms with E-state index in [2.05, 4.69) is 16.0 Å². The van der Waals surface area contributed by atoms with Crippen LogP contribution < -0.4 is 16.0 Å². The maximum atomic E-state index is 12.0. The van der Waals surface area contributed by atoms with Crippen LogP contribution in [0.1, 0.15) is 6.92 Å². The van der Waals surface area contributed by atoms with Crippen molar-refractivity contribution in [2.45, 2.75) is 19.1 Å². The molecule has 98 valence electrons. The number of anilines is 2. The number of methoxy groups -OCH3 is 1. The summed E-state index contributed by atoms with van der Waals surface area (Å²) in [6.45, 7) is 3.03. The standard InChI is InChI=1S/C13H19N3O2/c1-9(18-2)7-15-13(17)12-8-14-10-5-3-4-6-11(10)16-12/h3-6,9,12,14,16H,7-8H2,1-2H3,(H,15,17). The summed E-state index contributed by atoms with van der Waals surface area (Å²) in [5.41, 5.74) is 2.00. The molecule has 0 fully saturated rings. The molecule has 5 heteroatoms. The van der Waals surface area contributed by atoms with E-state index in [1.54, 1.807) is 7.11 Å². The van der Waals surface area contributed by atoms with E-state index in [-0.39, 0.29) is 18.1 Å². The first-order valence-corrected chi connectivity index (χ1v) is 6.10. The van der Waals surface area contributed by atoms with Crippen LogP contribution in [0, 0.1) is 0 Å². The summed E-state index contributed by atoms with van der Waals surface area (Å²) in [6, 6.07) is 7.61. The van der Waals surface area contributed by atoms with Gasteiger partial charge in [0, 0.05) is 20.2 Å². The molecule has 2 rings (SSSR count). The molecule has 1 heterocycles. The van der Waals surface area contributed by atoms with Crippen molar-refractivity contribution >= 4 is 17.3 Å². The summed E-state index contributed by atoms with van der Waals surface area (Å²) in [4.78, 5) is 12.0. The molecule has 3 N–H and O–H groups in total. The normalized spacial score (nSPS) is 19.1. The molecule has 18 heavy (non-hydrogen) atoms. The molecule has 0 saturated heterocycles. The molecule has 1 aliphatic heterocycles. The van der Waals surface area contributed by atoms with Gasteiger partial charge in [-0.1, -0.05) is 12.1 Å². The molecule has 1 aliphatic rings. The quantitative estimate of drug-likeness (QED) is 0.746. The third-order valence-corrected chi connectivity index (χ3v) is 3.04. The average molecular weight is 249 g/mol. The van der Waals surface area contributed by atoms with E-state index in [1.165, 1.54) is 0 Å². The van der Waals surface area contributed by atoms with Crippen LogP contribution in [0.25, 0.3) is 0 Å². The van der Waals surface area contributed by atoms with Crippen molar-refractivity contribution in [3.05, 3.63) is 24.3 Å². The largest absolute Gasteiger partial charge is 0.381 e. The number of carbonyl (C=O) groups is 1. The van der Waals surface area contributed by atoms with E-state index in [0.717, 1.165) is 11.4 Å². The highest BCUT2D eigenvalue weighted by Gasteiger charge is 2.23. The molecule has 2 atom stereocenters. The number of nitrogens with one attached hydrogen (secondary N) is 3. The second-order valence-electron chi connectivity index (χ2n) is 4.41. The molecule has 0 aromatic heterocycles. The first kappa shape index (κ1) is 12.7. The van der Waals surface area contributed by atoms with Gasteiger partial charge in [-0.3, -0.25) is 4.79 Å². The fraction of sp³-hybridized carbons (Fsp3) is 0.462. The number of fused-ring (bicyclic) bond motifs is 1. The molecule has 0 radical (unpaired) electrons. The lowest BCUT2D eigenvalue weighted by Gasteiger charge is -2.27. The maximum Gasteiger partial charge on any atom is 0.244 e. The predicted molar refractivity (Wildman–Crippen MR) is 71.8 cm³/mol. The molecule has 0 saturated carbocycles. The highest BCUT2D eigenvalue weighted by Crippen LogP contribution is 2.24. The van der Waals surface area contributed by atoms with Crippen molar-refractivity contribution in [2.75, 3.05) is 30.8 Å². The van der Waals surface area contributed by atoms with Gasteiger partial charge in [0.1, 0.15) is 6.04 Å². The van der Waals surface area contributed by atoms with Crippen molar-refractivity contribution in [3.8, 4) is 0 Å². The molecular weight excluding hydrogens is 230 g/mol. The second-order valence-corrected chi connectivity index (χ2v) is 4.41. The minimum absolute atomic E-state index is 0.0131. The summed E-state index contributed by atoms with van der Waals surface area (Å²) in [5.74, 6) is -0.0131. The summed E-state index contributed by atoms with van der Waals surface area (Å²) in [6.07, 6.45) is 0.0257. The zero-order chi connectivity index (χ0) is 13.0. The number of ether oxygens (including phenoxy) is 1. The van der Waals surface area contributed by atoms with Gasteiger partial charge in [-0.2, -0.15) is 0 Å². The smallest absolute Gasteiger partial charge is 0.244 e. The Morgan fingerprint density at radius 2 is 2.22 bits per heavy atom. The van der Waals surface area contributed by atoms with Crippen molar-refractivity contribution in [1.29, 1.82) is 0 Å². The van der Waals surface area contributed by atoms with Gasteiger partial charge in [-0.25, -0.2) is 0 Å². The van der Waals surface area contributed by atoms with E-state index in [1.807, 2.05) is 31.2 Å². The summed E-state index contributed by atoms with van der Waals surface area (Å²) in [7, 11) is 1.63. The first-order chi connectivity index (χ1) is 8.70. The molecule has 0 aliphatic carbocycles. The van der Waals surface area contributed by atoms with Crippen LogP contribution in [0.5, 0.6) is 0 Å². The predicted octanol–water partition coefficient (Wildman–Crippen LogP) is 1.04. The fourth-order valence-corrected chi connectivity index (χ4v) is 1.82. The van der Waals surface area contributed by atoms with E-state index in [4.69, 9.17) is 4.74 Å². The third kappa shape index (κ3) is 2.92. The van der Waals surface area contributed by atoms with Crippen molar-refractivity contribution in [1.82, 2.24) is 5.32 Å². The van der Waals surface area contributed by atoms with E-state index in [9.17, 15) is 4.79 Å². The lowest BCUT2D eigenvalue weighted by molar-refractivity contribution is -0.122. The molecule has 5 nitrogen and oxygen atoms in total. The zero-order valence-corrected chi connectivity index (χ0v) is 10.7. The topological polar surface area (TPSA) is 62.4 Å². The number of amides is 1. The lowest BCUT2D eigenvalue weighted by Crippen LogP contribution is -2.47. The van der Waals surface area contributed by atoms with Gasteiger partial charge in [0.25, 0.3) is 0 Å². The van der Waals surface area contributed by atoms with Crippen LogP contribution in [0.3, 0.4) is 0 Å². The Hall–Kier alpha value is -1.75. The van der Waals surface area contributed by atoms with Crippen LogP contribution in [-0.4, -0.2) is 38.3 Å². The molecule has 1 aromatic carbocycles. The third-order valence-electron chi connectivity index (χ3n) is 3.04. The fourth-order valence-electron chi connectivity index (χ4n) is 1.82. The number of carbonyl (C=O) groups excluding carboxylic acids is 1. The Bertz CT molecular complexity index is 422. The lowest BCUT2D eigenvalue weighted by atomic mass is 10.1. The summed E-state index contributed by atoms with van der Waals surface area (Å²) >= 11 is 0. The number of benzene rings is 1. The number of hydrogen-bond acceptors (Lipinski definition) is 4. The number of rotatable bonds is 4. The van der Waals surface area contributed by atoms with Gasteiger partial charge in [-0.05, 0) is 19.1 Å². The van der Waals surface area contributed by atoms with Gasteiger partial charge in [-0.15, -0.1) is 0 Å². The molecular formula is C13H19N3O2. The highest BCUT2D eigenvalue weighted by molar-refractivity contribution is 5.88. The average Bonchev–Trinajstić information content (AvgIpc) is 2.43. The number of hydrogen-bond donors (Lipinski definition) is 3. The molecule has 0 bridgehead atoms. The Morgan fingerprint density at radius 1 is 1.50 bits per heavy atom. The van der Waals surface area contributed by atoms with Gasteiger partial charge in [0.15, 0.2) is 0 Å². The molecule has 2 unspecified atom stereocenters. The first-order valence-electron chi connectivity index (χ1n) is 6.10. The molecule has 1 aromatic rings. The van der Waals surface area contributed by atoms with Gasteiger partial charge >= 0.3 is 0 Å². The van der Waals surface area contributed by atoms with Crippen LogP contribution in [0.4, 0.5) is 11.4 Å². The zero-order valence-electron chi connectivity index (χ0n) is 10.7. The Kier molecular flexibility index (Phi) is 4.04. The number of para-hydroxylation sites is 2.